The molecule has 0 saturated heterocycles. The van der Waals surface area contributed by atoms with E-state index < -0.39 is 6.10 Å². The highest BCUT2D eigenvalue weighted by atomic mass is 16.5. The van der Waals surface area contributed by atoms with Gasteiger partial charge in [0.1, 0.15) is 6.10 Å². The van der Waals surface area contributed by atoms with Crippen molar-refractivity contribution in [2.45, 2.75) is 31.7 Å². The molecule has 3 rings (SSSR count). The minimum Gasteiger partial charge on any atom is -0.490 e. The highest BCUT2D eigenvalue weighted by Crippen LogP contribution is 2.22. The van der Waals surface area contributed by atoms with Gasteiger partial charge in [0.2, 0.25) is 0 Å². The van der Waals surface area contributed by atoms with Crippen LogP contribution in [0.15, 0.2) is 109 Å². The Hall–Kier alpha value is -3.10. The van der Waals surface area contributed by atoms with E-state index in [4.69, 9.17) is 4.74 Å². The quantitative estimate of drug-likeness (QED) is 0.386. The third kappa shape index (κ3) is 5.95. The first-order valence-electron chi connectivity index (χ1n) is 10.2. The lowest BCUT2D eigenvalue weighted by atomic mass is 9.97. The van der Waals surface area contributed by atoms with E-state index in [0.717, 1.165) is 5.56 Å². The second kappa shape index (κ2) is 11.2. The van der Waals surface area contributed by atoms with E-state index in [9.17, 15) is 5.11 Å². The molecule has 3 heteroatoms. The van der Waals surface area contributed by atoms with Crippen molar-refractivity contribution < 1.29 is 9.84 Å². The highest BCUT2D eigenvalue weighted by Gasteiger charge is 2.30. The number of hydrogen-bond acceptors (Lipinski definition) is 3. The Labute approximate surface area is 179 Å². The van der Waals surface area contributed by atoms with E-state index in [2.05, 4.69) is 53.6 Å². The van der Waals surface area contributed by atoms with Gasteiger partial charge in [-0.05, 0) is 23.1 Å². The van der Waals surface area contributed by atoms with Crippen molar-refractivity contribution in [3.63, 3.8) is 0 Å². The molecule has 0 spiro atoms. The molecule has 30 heavy (non-hydrogen) atoms. The van der Waals surface area contributed by atoms with Gasteiger partial charge in [-0.25, -0.2) is 0 Å². The molecule has 0 unspecified atom stereocenters. The molecule has 3 aromatic carbocycles. The van der Waals surface area contributed by atoms with Crippen LogP contribution in [0.2, 0.25) is 0 Å². The number of aliphatic hydroxyl groups excluding tert-OH is 1. The fourth-order valence-corrected chi connectivity index (χ4v) is 3.69. The van der Waals surface area contributed by atoms with Gasteiger partial charge in [-0.15, -0.1) is 0 Å². The van der Waals surface area contributed by atoms with Crippen molar-refractivity contribution in [3.8, 4) is 0 Å². The molecule has 0 saturated carbocycles. The zero-order chi connectivity index (χ0) is 21.2. The van der Waals surface area contributed by atoms with Crippen molar-refractivity contribution in [1.29, 1.82) is 0 Å². The molecule has 1 N–H and O–H groups in total. The largest absolute Gasteiger partial charge is 0.490 e. The maximum Gasteiger partial charge on any atom is 0.167 e. The Morgan fingerprint density at radius 3 is 1.67 bits per heavy atom. The van der Waals surface area contributed by atoms with Crippen molar-refractivity contribution in [2.24, 2.45) is 0 Å². The summed E-state index contributed by atoms with van der Waals surface area (Å²) < 4.78 is 5.40. The van der Waals surface area contributed by atoms with Crippen LogP contribution in [-0.2, 0) is 24.2 Å². The Balaban J connectivity index is 1.97. The van der Waals surface area contributed by atoms with Crippen LogP contribution in [0.3, 0.4) is 0 Å². The number of methoxy groups -OCH3 is 1. The van der Waals surface area contributed by atoms with Gasteiger partial charge in [0.05, 0.1) is 7.11 Å². The SMILES string of the molecule is C=C=C(OC)[C@@H](O)[C@H](Cc1ccccc1)N(Cc1ccccc1)Cc1ccccc1. The Morgan fingerprint density at radius 1 is 0.833 bits per heavy atom. The predicted molar refractivity (Wildman–Crippen MR) is 122 cm³/mol. The molecule has 3 nitrogen and oxygen atoms in total. The molecule has 0 aliphatic rings. The summed E-state index contributed by atoms with van der Waals surface area (Å²) >= 11 is 0. The molecule has 0 aromatic heterocycles. The van der Waals surface area contributed by atoms with Gasteiger partial charge in [-0.3, -0.25) is 4.90 Å². The Morgan fingerprint density at radius 2 is 1.27 bits per heavy atom. The molecule has 0 amide bonds. The molecular weight excluding hydrogens is 370 g/mol. The van der Waals surface area contributed by atoms with Crippen LogP contribution in [0.1, 0.15) is 16.7 Å². The van der Waals surface area contributed by atoms with Crippen molar-refractivity contribution >= 4 is 0 Å². The number of rotatable bonds is 10. The van der Waals surface area contributed by atoms with Gasteiger partial charge in [0.25, 0.3) is 0 Å². The van der Waals surface area contributed by atoms with E-state index in [-0.39, 0.29) is 6.04 Å². The molecule has 3 aromatic rings. The van der Waals surface area contributed by atoms with Crippen LogP contribution in [0.5, 0.6) is 0 Å². The number of hydrogen-bond donors (Lipinski definition) is 1. The van der Waals surface area contributed by atoms with Crippen LogP contribution >= 0.6 is 0 Å². The smallest absolute Gasteiger partial charge is 0.167 e. The van der Waals surface area contributed by atoms with Crippen LogP contribution in [0, 0.1) is 0 Å². The number of aliphatic hydroxyl groups is 1. The molecule has 0 aliphatic heterocycles. The zero-order valence-corrected chi connectivity index (χ0v) is 17.4. The standard InChI is InChI=1S/C27H29NO2/c1-3-26(30-2)27(29)25(19-22-13-7-4-8-14-22)28(20-23-15-9-5-10-16-23)21-24-17-11-6-12-18-24/h4-18,25,27,29H,1,19-21H2,2H3/t25-,27-/m0/s1. The lowest BCUT2D eigenvalue weighted by Gasteiger charge is -2.35. The summed E-state index contributed by atoms with van der Waals surface area (Å²) in [6, 6.07) is 30.7. The van der Waals surface area contributed by atoms with E-state index in [1.165, 1.54) is 11.1 Å². The van der Waals surface area contributed by atoms with E-state index in [1.807, 2.05) is 54.6 Å². The van der Waals surface area contributed by atoms with Crippen LogP contribution < -0.4 is 0 Å². The summed E-state index contributed by atoms with van der Waals surface area (Å²) in [5.74, 6) is 0.363. The molecule has 2 atom stereocenters. The summed E-state index contributed by atoms with van der Waals surface area (Å²) in [6.07, 6.45) is -0.170. The van der Waals surface area contributed by atoms with Crippen LogP contribution in [0.4, 0.5) is 0 Å². The third-order valence-corrected chi connectivity index (χ3v) is 5.24. The fourth-order valence-electron chi connectivity index (χ4n) is 3.69. The number of ether oxygens (including phenoxy) is 1. The molecule has 0 aliphatic carbocycles. The van der Waals surface area contributed by atoms with E-state index in [1.54, 1.807) is 7.11 Å². The first kappa shape index (κ1) is 21.6. The summed E-state index contributed by atoms with van der Waals surface area (Å²) in [5.41, 5.74) is 6.32. The Bertz CT molecular complexity index is 893. The minimum absolute atomic E-state index is 0.211. The molecular formula is C27H29NO2. The second-order valence-electron chi connectivity index (χ2n) is 7.32. The second-order valence-corrected chi connectivity index (χ2v) is 7.32. The lowest BCUT2D eigenvalue weighted by Crippen LogP contribution is -2.45. The van der Waals surface area contributed by atoms with Crippen LogP contribution in [-0.4, -0.2) is 29.3 Å². The predicted octanol–water partition coefficient (Wildman–Crippen LogP) is 4.98. The van der Waals surface area contributed by atoms with Crippen molar-refractivity contribution in [3.05, 3.63) is 126 Å². The fraction of sp³-hybridized carbons (Fsp3) is 0.222. The average Bonchev–Trinajstić information content (AvgIpc) is 2.80. The topological polar surface area (TPSA) is 32.7 Å². The summed E-state index contributed by atoms with van der Waals surface area (Å²) in [5, 5.41) is 11.3. The number of nitrogens with zero attached hydrogens (tertiary/aromatic N) is 1. The molecule has 0 heterocycles. The lowest BCUT2D eigenvalue weighted by molar-refractivity contribution is 0.0286. The normalized spacial score (nSPS) is 12.8. The maximum atomic E-state index is 11.3. The van der Waals surface area contributed by atoms with Gasteiger partial charge < -0.3 is 9.84 Å². The van der Waals surface area contributed by atoms with Gasteiger partial charge >= 0.3 is 0 Å². The van der Waals surface area contributed by atoms with Crippen molar-refractivity contribution in [2.75, 3.05) is 7.11 Å². The van der Waals surface area contributed by atoms with Crippen molar-refractivity contribution in [1.82, 2.24) is 4.90 Å². The monoisotopic (exact) mass is 399 g/mol. The van der Waals surface area contributed by atoms with Crippen LogP contribution in [0.25, 0.3) is 0 Å². The van der Waals surface area contributed by atoms with E-state index in [0.29, 0.717) is 25.3 Å². The summed E-state index contributed by atoms with van der Waals surface area (Å²) in [4.78, 5) is 2.30. The first-order chi connectivity index (χ1) is 14.7. The third-order valence-electron chi connectivity index (χ3n) is 5.24. The van der Waals surface area contributed by atoms with Gasteiger partial charge in [0.15, 0.2) is 5.76 Å². The first-order valence-corrected chi connectivity index (χ1v) is 10.2. The number of benzene rings is 3. The zero-order valence-electron chi connectivity index (χ0n) is 17.4. The summed E-state index contributed by atoms with van der Waals surface area (Å²) in [7, 11) is 1.55. The van der Waals surface area contributed by atoms with E-state index >= 15 is 0 Å². The minimum atomic E-state index is -0.847. The van der Waals surface area contributed by atoms with Gasteiger partial charge in [-0.1, -0.05) is 103 Å². The maximum absolute atomic E-state index is 11.3. The molecule has 154 valence electrons. The summed E-state index contributed by atoms with van der Waals surface area (Å²) in [6.45, 7) is 5.12. The molecule has 0 bridgehead atoms. The van der Waals surface area contributed by atoms with Gasteiger partial charge in [0, 0.05) is 19.1 Å². The average molecular weight is 400 g/mol. The Kier molecular flexibility index (Phi) is 8.05. The van der Waals surface area contributed by atoms with Gasteiger partial charge in [-0.2, -0.15) is 0 Å². The molecule has 0 fully saturated rings. The molecule has 0 radical (unpaired) electrons. The highest BCUT2D eigenvalue weighted by molar-refractivity contribution is 5.21.